The highest BCUT2D eigenvalue weighted by atomic mass is 16.5. The number of carbonyl (C=O) groups excluding carboxylic acids is 1. The fourth-order valence-electron chi connectivity index (χ4n) is 1.97. The number of amides is 1. The maximum atomic E-state index is 11.8. The Morgan fingerprint density at radius 3 is 3.12 bits per heavy atom. The summed E-state index contributed by atoms with van der Waals surface area (Å²) < 4.78 is 5.48. The molecule has 1 saturated heterocycles. The third-order valence-electron chi connectivity index (χ3n) is 2.94. The molecule has 0 bridgehead atoms. The molecule has 1 aliphatic heterocycles. The third-order valence-corrected chi connectivity index (χ3v) is 2.94. The van der Waals surface area contributed by atoms with Crippen molar-refractivity contribution in [2.45, 2.75) is 31.9 Å². The molecule has 1 aromatic heterocycles. The van der Waals surface area contributed by atoms with Gasteiger partial charge in [0.05, 0.1) is 12.1 Å². The first-order valence-corrected chi connectivity index (χ1v) is 5.78. The van der Waals surface area contributed by atoms with E-state index < -0.39 is 0 Å². The summed E-state index contributed by atoms with van der Waals surface area (Å²) in [6.45, 7) is 2.64. The number of aromatic amines is 1. The Morgan fingerprint density at radius 2 is 2.47 bits per heavy atom. The second kappa shape index (κ2) is 5.14. The van der Waals surface area contributed by atoms with Gasteiger partial charge in [0.15, 0.2) is 0 Å². The molecule has 92 valence electrons. The van der Waals surface area contributed by atoms with Crippen LogP contribution in [0.15, 0.2) is 23.1 Å². The van der Waals surface area contributed by atoms with E-state index in [1.54, 1.807) is 6.07 Å². The topological polar surface area (TPSA) is 71.2 Å². The molecule has 2 heterocycles. The summed E-state index contributed by atoms with van der Waals surface area (Å²) in [5.41, 5.74) is -0.234. The fourth-order valence-corrected chi connectivity index (χ4v) is 1.97. The standard InChI is InChI=1S/C12H16N2O3/c1-8(10-5-3-7-17-10)14-12(16)9-4-2-6-13-11(9)15/h2,4,6,8,10H,3,5,7H2,1H3,(H,13,15)(H,14,16)/t8-,10-/m1/s1. The number of carbonyl (C=O) groups is 1. The van der Waals surface area contributed by atoms with Gasteiger partial charge < -0.3 is 15.0 Å². The zero-order valence-corrected chi connectivity index (χ0v) is 9.73. The van der Waals surface area contributed by atoms with E-state index in [-0.39, 0.29) is 29.2 Å². The lowest BCUT2D eigenvalue weighted by Crippen LogP contribution is -2.42. The lowest BCUT2D eigenvalue weighted by atomic mass is 10.1. The molecule has 5 heteroatoms. The van der Waals surface area contributed by atoms with Crippen LogP contribution in [-0.4, -0.2) is 29.6 Å². The summed E-state index contributed by atoms with van der Waals surface area (Å²) in [5.74, 6) is -0.352. The monoisotopic (exact) mass is 236 g/mol. The van der Waals surface area contributed by atoms with Crippen molar-refractivity contribution in [3.63, 3.8) is 0 Å². The highest BCUT2D eigenvalue weighted by molar-refractivity contribution is 5.93. The van der Waals surface area contributed by atoms with Crippen LogP contribution in [0.2, 0.25) is 0 Å². The Bertz CT molecular complexity index is 449. The minimum absolute atomic E-state index is 0.0572. The Labute approximate surface area is 99.2 Å². The van der Waals surface area contributed by atoms with E-state index in [4.69, 9.17) is 4.74 Å². The molecule has 0 aromatic carbocycles. The molecule has 2 atom stereocenters. The zero-order chi connectivity index (χ0) is 12.3. The van der Waals surface area contributed by atoms with Crippen molar-refractivity contribution in [1.82, 2.24) is 10.3 Å². The van der Waals surface area contributed by atoms with Crippen LogP contribution < -0.4 is 10.9 Å². The highest BCUT2D eigenvalue weighted by Gasteiger charge is 2.24. The van der Waals surface area contributed by atoms with Gasteiger partial charge in [-0.2, -0.15) is 0 Å². The Kier molecular flexibility index (Phi) is 3.58. The second-order valence-corrected chi connectivity index (χ2v) is 4.23. The van der Waals surface area contributed by atoms with E-state index in [1.165, 1.54) is 12.3 Å². The highest BCUT2D eigenvalue weighted by Crippen LogP contribution is 2.15. The number of H-pyrrole nitrogens is 1. The maximum Gasteiger partial charge on any atom is 0.260 e. The number of pyridine rings is 1. The first-order chi connectivity index (χ1) is 8.18. The summed E-state index contributed by atoms with van der Waals surface area (Å²) >= 11 is 0. The molecule has 5 nitrogen and oxygen atoms in total. The van der Waals surface area contributed by atoms with Crippen molar-refractivity contribution in [3.8, 4) is 0 Å². The molecule has 2 rings (SSSR count). The first-order valence-electron chi connectivity index (χ1n) is 5.78. The van der Waals surface area contributed by atoms with Gasteiger partial charge in [-0.3, -0.25) is 9.59 Å². The van der Waals surface area contributed by atoms with Crippen molar-refractivity contribution in [3.05, 3.63) is 34.2 Å². The van der Waals surface area contributed by atoms with Gasteiger partial charge >= 0.3 is 0 Å². The average Bonchev–Trinajstić information content (AvgIpc) is 2.82. The van der Waals surface area contributed by atoms with Gasteiger partial charge in [0, 0.05) is 12.8 Å². The Hall–Kier alpha value is -1.62. The smallest absolute Gasteiger partial charge is 0.260 e. The van der Waals surface area contributed by atoms with Crippen LogP contribution in [0.4, 0.5) is 0 Å². The van der Waals surface area contributed by atoms with Crippen LogP contribution in [0.5, 0.6) is 0 Å². The quantitative estimate of drug-likeness (QED) is 0.810. The van der Waals surface area contributed by atoms with Crippen LogP contribution in [-0.2, 0) is 4.74 Å². The van der Waals surface area contributed by atoms with Gasteiger partial charge in [-0.05, 0) is 31.9 Å². The molecule has 0 saturated carbocycles. The van der Waals surface area contributed by atoms with E-state index >= 15 is 0 Å². The molecule has 0 aliphatic carbocycles. The van der Waals surface area contributed by atoms with Crippen molar-refractivity contribution in [2.75, 3.05) is 6.61 Å². The molecule has 1 amide bonds. The molecule has 2 N–H and O–H groups in total. The summed E-state index contributed by atoms with van der Waals surface area (Å²) in [4.78, 5) is 25.7. The molecule has 1 aromatic rings. The number of rotatable bonds is 3. The molecular weight excluding hydrogens is 220 g/mol. The predicted molar refractivity (Wildman–Crippen MR) is 63.0 cm³/mol. The van der Waals surface area contributed by atoms with Gasteiger partial charge in [0.1, 0.15) is 5.56 Å². The number of nitrogens with one attached hydrogen (secondary N) is 2. The minimum atomic E-state index is -0.371. The number of hydrogen-bond acceptors (Lipinski definition) is 3. The molecule has 17 heavy (non-hydrogen) atoms. The molecular formula is C12H16N2O3. The first kappa shape index (κ1) is 11.9. The SMILES string of the molecule is C[C@@H](NC(=O)c1ccc[nH]c1=O)[C@H]1CCCO1. The van der Waals surface area contributed by atoms with Gasteiger partial charge in [0.2, 0.25) is 0 Å². The van der Waals surface area contributed by atoms with E-state index in [0.717, 1.165) is 19.4 Å². The summed E-state index contributed by atoms with van der Waals surface area (Å²) in [5, 5.41) is 2.80. The van der Waals surface area contributed by atoms with Crippen LogP contribution in [0.25, 0.3) is 0 Å². The average molecular weight is 236 g/mol. The van der Waals surface area contributed by atoms with Crippen molar-refractivity contribution in [2.24, 2.45) is 0 Å². The number of aromatic nitrogens is 1. The van der Waals surface area contributed by atoms with Crippen LogP contribution in [0.1, 0.15) is 30.1 Å². The number of ether oxygens (including phenoxy) is 1. The Morgan fingerprint density at radius 1 is 1.65 bits per heavy atom. The van der Waals surface area contributed by atoms with Crippen LogP contribution >= 0.6 is 0 Å². The molecule has 1 fully saturated rings. The lowest BCUT2D eigenvalue weighted by molar-refractivity contribution is 0.0711. The van der Waals surface area contributed by atoms with Crippen molar-refractivity contribution < 1.29 is 9.53 Å². The van der Waals surface area contributed by atoms with Crippen molar-refractivity contribution >= 4 is 5.91 Å². The zero-order valence-electron chi connectivity index (χ0n) is 9.73. The van der Waals surface area contributed by atoms with Crippen LogP contribution in [0.3, 0.4) is 0 Å². The molecule has 0 unspecified atom stereocenters. The van der Waals surface area contributed by atoms with E-state index in [0.29, 0.717) is 0 Å². The number of hydrogen-bond donors (Lipinski definition) is 2. The normalized spacial score (nSPS) is 21.1. The van der Waals surface area contributed by atoms with E-state index in [2.05, 4.69) is 10.3 Å². The van der Waals surface area contributed by atoms with Crippen molar-refractivity contribution in [1.29, 1.82) is 0 Å². The minimum Gasteiger partial charge on any atom is -0.376 e. The predicted octanol–water partition coefficient (Wildman–Crippen LogP) is 0.672. The lowest BCUT2D eigenvalue weighted by Gasteiger charge is -2.19. The van der Waals surface area contributed by atoms with Gasteiger partial charge in [0.25, 0.3) is 11.5 Å². The van der Waals surface area contributed by atoms with Gasteiger partial charge in [-0.25, -0.2) is 0 Å². The van der Waals surface area contributed by atoms with Gasteiger partial charge in [-0.15, -0.1) is 0 Å². The van der Waals surface area contributed by atoms with Gasteiger partial charge in [-0.1, -0.05) is 0 Å². The summed E-state index contributed by atoms with van der Waals surface area (Å²) in [7, 11) is 0. The van der Waals surface area contributed by atoms with Crippen LogP contribution in [0, 0.1) is 0 Å². The Balaban J connectivity index is 2.01. The summed E-state index contributed by atoms with van der Waals surface area (Å²) in [6.07, 6.45) is 3.54. The maximum absolute atomic E-state index is 11.8. The van der Waals surface area contributed by atoms with E-state index in [9.17, 15) is 9.59 Å². The molecule has 0 radical (unpaired) electrons. The summed E-state index contributed by atoms with van der Waals surface area (Å²) in [6, 6.07) is 3.06. The largest absolute Gasteiger partial charge is 0.376 e. The third kappa shape index (κ3) is 2.74. The molecule has 1 aliphatic rings. The fraction of sp³-hybridized carbons (Fsp3) is 0.500. The molecule has 0 spiro atoms. The second-order valence-electron chi connectivity index (χ2n) is 4.23. The van der Waals surface area contributed by atoms with E-state index in [1.807, 2.05) is 6.92 Å².